The number of rotatable bonds is 6. The molecule has 1 heterocycles. The minimum atomic E-state index is -1.04. The molecule has 2 N–H and O–H groups in total. The fraction of sp³-hybridized carbons (Fsp3) is 0.609. The fourth-order valence-electron chi connectivity index (χ4n) is 3.42. The highest BCUT2D eigenvalue weighted by atomic mass is 16.6. The van der Waals surface area contributed by atoms with E-state index in [9.17, 15) is 19.5 Å². The van der Waals surface area contributed by atoms with Gasteiger partial charge >= 0.3 is 12.1 Å². The predicted octanol–water partition coefficient (Wildman–Crippen LogP) is 3.38. The van der Waals surface area contributed by atoms with E-state index in [0.717, 1.165) is 5.56 Å². The minimum absolute atomic E-state index is 0.205. The van der Waals surface area contributed by atoms with Crippen LogP contribution in [-0.4, -0.2) is 57.8 Å². The molecule has 0 unspecified atom stereocenters. The van der Waals surface area contributed by atoms with Gasteiger partial charge in [-0.25, -0.2) is 9.59 Å². The lowest BCUT2D eigenvalue weighted by molar-refractivity contribution is -0.149. The Balaban J connectivity index is 2.20. The third-order valence-corrected chi connectivity index (χ3v) is 4.60. The molecule has 0 aromatic heterocycles. The summed E-state index contributed by atoms with van der Waals surface area (Å²) in [6.45, 7) is 11.4. The monoisotopic (exact) mass is 434 g/mol. The third kappa shape index (κ3) is 7.77. The van der Waals surface area contributed by atoms with E-state index in [1.54, 1.807) is 20.8 Å². The minimum Gasteiger partial charge on any atom is -0.488 e. The number of carbonyl (C=O) groups excluding carboxylic acids is 2. The molecule has 8 heteroatoms. The Morgan fingerprint density at radius 3 is 2.23 bits per heavy atom. The van der Waals surface area contributed by atoms with Gasteiger partial charge in [-0.05, 0) is 72.1 Å². The highest BCUT2D eigenvalue weighted by Crippen LogP contribution is 2.22. The van der Waals surface area contributed by atoms with Crippen molar-refractivity contribution in [2.75, 3.05) is 6.54 Å². The van der Waals surface area contributed by atoms with Gasteiger partial charge in [0.15, 0.2) is 0 Å². The van der Waals surface area contributed by atoms with E-state index in [1.807, 2.05) is 45.0 Å². The van der Waals surface area contributed by atoms with Crippen molar-refractivity contribution in [3.63, 3.8) is 0 Å². The van der Waals surface area contributed by atoms with Gasteiger partial charge in [0, 0.05) is 13.0 Å². The number of benzene rings is 1. The quantitative estimate of drug-likeness (QED) is 0.711. The number of carboxylic acids is 1. The summed E-state index contributed by atoms with van der Waals surface area (Å²) in [6, 6.07) is 5.46. The van der Waals surface area contributed by atoms with Crippen LogP contribution in [0.5, 0.6) is 5.75 Å². The molecule has 1 fully saturated rings. The molecule has 1 aromatic carbocycles. The van der Waals surface area contributed by atoms with Crippen LogP contribution < -0.4 is 10.1 Å². The van der Waals surface area contributed by atoms with Crippen molar-refractivity contribution in [2.24, 2.45) is 0 Å². The first-order valence-electron chi connectivity index (χ1n) is 10.6. The smallest absolute Gasteiger partial charge is 0.408 e. The van der Waals surface area contributed by atoms with Crippen LogP contribution in [0, 0.1) is 0 Å². The second-order valence-electron chi connectivity index (χ2n) is 9.79. The summed E-state index contributed by atoms with van der Waals surface area (Å²) in [6.07, 6.45) is 0.501. The van der Waals surface area contributed by atoms with Crippen molar-refractivity contribution in [1.29, 1.82) is 0 Å². The second-order valence-corrected chi connectivity index (χ2v) is 9.79. The fourth-order valence-corrected chi connectivity index (χ4v) is 3.42. The summed E-state index contributed by atoms with van der Waals surface area (Å²) in [5, 5.41) is 12.1. The largest absolute Gasteiger partial charge is 0.488 e. The number of alkyl carbamates (subject to hydrolysis) is 1. The topological polar surface area (TPSA) is 105 Å². The zero-order valence-electron chi connectivity index (χ0n) is 19.2. The Morgan fingerprint density at radius 2 is 1.71 bits per heavy atom. The first kappa shape index (κ1) is 24.5. The molecule has 2 rings (SSSR count). The maximum absolute atomic E-state index is 13.2. The van der Waals surface area contributed by atoms with Crippen molar-refractivity contribution in [3.05, 3.63) is 29.8 Å². The van der Waals surface area contributed by atoms with Crippen molar-refractivity contribution >= 4 is 18.0 Å². The van der Waals surface area contributed by atoms with Crippen molar-refractivity contribution in [2.45, 2.75) is 84.1 Å². The van der Waals surface area contributed by atoms with Crippen LogP contribution in [0.1, 0.15) is 59.9 Å². The molecular weight excluding hydrogens is 400 g/mol. The molecular formula is C23H34N2O6. The lowest BCUT2D eigenvalue weighted by Gasteiger charge is -2.28. The number of amides is 2. The van der Waals surface area contributed by atoms with Crippen molar-refractivity contribution in [3.8, 4) is 5.75 Å². The van der Waals surface area contributed by atoms with Gasteiger partial charge in [-0.3, -0.25) is 4.79 Å². The van der Waals surface area contributed by atoms with Gasteiger partial charge < -0.3 is 24.8 Å². The Bertz CT molecular complexity index is 792. The standard InChI is InChI=1S/C23H34N2O6/c1-22(2,3)30-16-11-9-15(10-12-16)14-17(24-21(29)31-23(4,5)6)19(26)25-13-7-8-18(25)20(27)28/h9-12,17-18H,7-8,13-14H2,1-6H3,(H,24,29)(H,27,28)/t17-,18-/m0/s1. The third-order valence-electron chi connectivity index (χ3n) is 4.60. The van der Waals surface area contributed by atoms with Gasteiger partial charge in [-0.2, -0.15) is 0 Å². The number of carboxylic acid groups (broad SMARTS) is 1. The lowest BCUT2D eigenvalue weighted by Crippen LogP contribution is -2.53. The average molecular weight is 435 g/mol. The number of nitrogens with zero attached hydrogens (tertiary/aromatic N) is 1. The maximum atomic E-state index is 13.2. The summed E-state index contributed by atoms with van der Waals surface area (Å²) in [7, 11) is 0. The average Bonchev–Trinajstić information content (AvgIpc) is 3.09. The van der Waals surface area contributed by atoms with Gasteiger partial charge in [0.25, 0.3) is 0 Å². The Morgan fingerprint density at radius 1 is 1.10 bits per heavy atom. The van der Waals surface area contributed by atoms with E-state index >= 15 is 0 Å². The molecule has 1 aromatic rings. The molecule has 1 aliphatic rings. The number of ether oxygens (including phenoxy) is 2. The molecule has 2 amide bonds. The van der Waals surface area contributed by atoms with Crippen LogP contribution >= 0.6 is 0 Å². The second kappa shape index (κ2) is 9.58. The van der Waals surface area contributed by atoms with Gasteiger partial charge in [0.1, 0.15) is 29.0 Å². The SMILES string of the molecule is CC(C)(C)OC(=O)N[C@@H](Cc1ccc(OC(C)(C)C)cc1)C(=O)N1CCC[C@H]1C(=O)O. The molecule has 31 heavy (non-hydrogen) atoms. The zero-order chi connectivity index (χ0) is 23.4. The molecule has 0 bridgehead atoms. The van der Waals surface area contributed by atoms with Crippen LogP contribution in [-0.2, 0) is 20.7 Å². The molecule has 1 aliphatic heterocycles. The predicted molar refractivity (Wildman–Crippen MR) is 116 cm³/mol. The maximum Gasteiger partial charge on any atom is 0.408 e. The highest BCUT2D eigenvalue weighted by Gasteiger charge is 2.38. The number of nitrogens with one attached hydrogen (secondary N) is 1. The van der Waals surface area contributed by atoms with Crippen molar-refractivity contribution in [1.82, 2.24) is 10.2 Å². The van der Waals surface area contributed by atoms with Crippen LogP contribution in [0.15, 0.2) is 24.3 Å². The molecule has 0 saturated carbocycles. The summed E-state index contributed by atoms with van der Waals surface area (Å²) in [5.74, 6) is -0.763. The molecule has 0 radical (unpaired) electrons. The molecule has 0 spiro atoms. The molecule has 2 atom stereocenters. The molecule has 172 valence electrons. The normalized spacial score (nSPS) is 17.7. The lowest BCUT2D eigenvalue weighted by atomic mass is 10.0. The summed E-state index contributed by atoms with van der Waals surface area (Å²) in [4.78, 5) is 38.4. The van der Waals surface area contributed by atoms with Gasteiger partial charge in [0.05, 0.1) is 0 Å². The van der Waals surface area contributed by atoms with E-state index in [1.165, 1.54) is 4.90 Å². The Labute approximate surface area is 183 Å². The van der Waals surface area contributed by atoms with Crippen LogP contribution in [0.2, 0.25) is 0 Å². The first-order valence-corrected chi connectivity index (χ1v) is 10.6. The van der Waals surface area contributed by atoms with Gasteiger partial charge in [0.2, 0.25) is 5.91 Å². The van der Waals surface area contributed by atoms with Gasteiger partial charge in [-0.15, -0.1) is 0 Å². The van der Waals surface area contributed by atoms with Crippen LogP contribution in [0.4, 0.5) is 4.79 Å². The van der Waals surface area contributed by atoms with E-state index < -0.39 is 35.7 Å². The molecule has 8 nitrogen and oxygen atoms in total. The highest BCUT2D eigenvalue weighted by molar-refractivity contribution is 5.90. The summed E-state index contributed by atoms with van der Waals surface area (Å²) < 4.78 is 11.1. The number of hydrogen-bond acceptors (Lipinski definition) is 5. The Kier molecular flexibility index (Phi) is 7.57. The van der Waals surface area contributed by atoms with Crippen LogP contribution in [0.25, 0.3) is 0 Å². The van der Waals surface area contributed by atoms with Crippen LogP contribution in [0.3, 0.4) is 0 Å². The van der Waals surface area contributed by atoms with E-state index in [0.29, 0.717) is 25.1 Å². The number of carbonyl (C=O) groups is 3. The zero-order valence-corrected chi connectivity index (χ0v) is 19.2. The number of aliphatic carboxylic acids is 1. The number of hydrogen-bond donors (Lipinski definition) is 2. The molecule has 0 aliphatic carbocycles. The Hall–Kier alpha value is -2.77. The van der Waals surface area contributed by atoms with E-state index in [2.05, 4.69) is 5.32 Å². The number of likely N-dealkylation sites (tertiary alicyclic amines) is 1. The first-order chi connectivity index (χ1) is 14.2. The summed E-state index contributed by atoms with van der Waals surface area (Å²) >= 11 is 0. The van der Waals surface area contributed by atoms with Crippen molar-refractivity contribution < 1.29 is 29.0 Å². The summed E-state index contributed by atoms with van der Waals surface area (Å²) in [5.41, 5.74) is -0.248. The van der Waals surface area contributed by atoms with E-state index in [4.69, 9.17) is 9.47 Å². The van der Waals surface area contributed by atoms with E-state index in [-0.39, 0.29) is 12.0 Å². The molecule has 1 saturated heterocycles. The van der Waals surface area contributed by atoms with Gasteiger partial charge in [-0.1, -0.05) is 12.1 Å².